The maximum Gasteiger partial charge on any atom is 0.279 e. The topological polar surface area (TPSA) is 34.4 Å². The number of amides is 1. The van der Waals surface area contributed by atoms with Crippen molar-refractivity contribution in [2.75, 3.05) is 0 Å². The molecular weight excluding hydrogens is 363 g/mol. The number of halogens is 2. The number of hydrogen-bond donors (Lipinski definition) is 0. The molecule has 1 heterocycles. The summed E-state index contributed by atoms with van der Waals surface area (Å²) < 4.78 is 2.82. The van der Waals surface area contributed by atoms with E-state index in [1.54, 1.807) is 24.3 Å². The monoisotopic (exact) mass is 374 g/mol. The Morgan fingerprint density at radius 1 is 1.25 bits per heavy atom. The first kappa shape index (κ1) is 16.8. The fourth-order valence-corrected chi connectivity index (χ4v) is 3.75. The zero-order chi connectivity index (χ0) is 17.3. The summed E-state index contributed by atoms with van der Waals surface area (Å²) in [7, 11) is 0. The second kappa shape index (κ2) is 6.82. The van der Waals surface area contributed by atoms with Gasteiger partial charge in [-0.3, -0.25) is 4.79 Å². The number of aryl methyl sites for hydroxylation is 1. The zero-order valence-electron chi connectivity index (χ0n) is 12.7. The van der Waals surface area contributed by atoms with E-state index in [1.165, 1.54) is 11.3 Å². The van der Waals surface area contributed by atoms with Gasteiger partial charge >= 0.3 is 0 Å². The van der Waals surface area contributed by atoms with Gasteiger partial charge in [-0.25, -0.2) is 0 Å². The molecule has 6 heteroatoms. The summed E-state index contributed by atoms with van der Waals surface area (Å²) in [5.41, 5.74) is 2.30. The van der Waals surface area contributed by atoms with Gasteiger partial charge in [-0.2, -0.15) is 4.99 Å². The molecule has 0 aliphatic heterocycles. The van der Waals surface area contributed by atoms with E-state index in [0.717, 1.165) is 15.8 Å². The number of carbonyl (C=O) groups excluding carboxylic acids is 1. The molecule has 0 aliphatic rings. The second-order valence-corrected chi connectivity index (χ2v) is 6.97. The van der Waals surface area contributed by atoms with Gasteiger partial charge in [0.2, 0.25) is 0 Å². The molecule has 3 nitrogen and oxygen atoms in total. The van der Waals surface area contributed by atoms with Gasteiger partial charge in [0.15, 0.2) is 4.80 Å². The molecule has 0 saturated heterocycles. The van der Waals surface area contributed by atoms with E-state index in [4.69, 9.17) is 29.6 Å². The Morgan fingerprint density at radius 2 is 1.96 bits per heavy atom. The highest BCUT2D eigenvalue weighted by Crippen LogP contribution is 2.27. The Bertz CT molecular complexity index is 1040. The average Bonchev–Trinajstić information content (AvgIpc) is 2.90. The molecule has 120 valence electrons. The van der Waals surface area contributed by atoms with Gasteiger partial charge in [0.05, 0.1) is 16.8 Å². The Balaban J connectivity index is 2.20. The van der Waals surface area contributed by atoms with Gasteiger partial charge < -0.3 is 4.57 Å². The van der Waals surface area contributed by atoms with Crippen LogP contribution in [0.25, 0.3) is 10.2 Å². The molecule has 24 heavy (non-hydrogen) atoms. The van der Waals surface area contributed by atoms with Crippen molar-refractivity contribution >= 4 is 50.7 Å². The Morgan fingerprint density at radius 3 is 2.62 bits per heavy atom. The number of rotatable bonds is 2. The number of hydrogen-bond acceptors (Lipinski definition) is 2. The lowest BCUT2D eigenvalue weighted by molar-refractivity contribution is 0.0998. The van der Waals surface area contributed by atoms with E-state index in [9.17, 15) is 4.79 Å². The van der Waals surface area contributed by atoms with E-state index in [-0.39, 0.29) is 5.91 Å². The number of nitrogens with zero attached hydrogens (tertiary/aromatic N) is 2. The summed E-state index contributed by atoms with van der Waals surface area (Å²) in [6.07, 6.45) is 5.49. The quantitative estimate of drug-likeness (QED) is 0.599. The average molecular weight is 375 g/mol. The smallest absolute Gasteiger partial charge is 0.279 e. The summed E-state index contributed by atoms with van der Waals surface area (Å²) in [6, 6.07) is 10.4. The number of benzene rings is 2. The van der Waals surface area contributed by atoms with Gasteiger partial charge in [-0.05, 0) is 48.9 Å². The molecule has 0 bridgehead atoms. The first-order valence-corrected chi connectivity index (χ1v) is 8.65. The van der Waals surface area contributed by atoms with E-state index < -0.39 is 0 Å². The minimum absolute atomic E-state index is 0.313. The molecule has 1 amide bonds. The van der Waals surface area contributed by atoms with Crippen LogP contribution in [0.2, 0.25) is 10.0 Å². The lowest BCUT2D eigenvalue weighted by atomic mass is 10.2. The number of fused-ring (bicyclic) bond motifs is 1. The SMILES string of the molecule is C#CCn1c(=NC(=O)c2ccc(Cl)cc2)sc2ccc(Cl)c(C)c21. The van der Waals surface area contributed by atoms with Gasteiger partial charge in [0, 0.05) is 15.6 Å². The van der Waals surface area contributed by atoms with Crippen molar-refractivity contribution in [1.82, 2.24) is 4.57 Å². The number of thiazole rings is 1. The molecule has 3 aromatic rings. The highest BCUT2D eigenvalue weighted by atomic mass is 35.5. The van der Waals surface area contributed by atoms with Crippen LogP contribution in [-0.4, -0.2) is 10.5 Å². The van der Waals surface area contributed by atoms with Gasteiger partial charge in [-0.1, -0.05) is 40.5 Å². The van der Waals surface area contributed by atoms with Crippen molar-refractivity contribution in [2.45, 2.75) is 13.5 Å². The molecule has 2 aromatic carbocycles. The molecule has 0 unspecified atom stereocenters. The minimum atomic E-state index is -0.340. The van der Waals surface area contributed by atoms with E-state index in [2.05, 4.69) is 10.9 Å². The first-order chi connectivity index (χ1) is 11.5. The summed E-state index contributed by atoms with van der Waals surface area (Å²) in [6.45, 7) is 2.24. The standard InChI is InChI=1S/C18H12Cl2N2OS/c1-3-10-22-16-11(2)14(20)8-9-15(16)24-18(22)21-17(23)12-4-6-13(19)7-5-12/h1,4-9H,10H2,2H3. The van der Waals surface area contributed by atoms with Crippen LogP contribution in [0.4, 0.5) is 0 Å². The molecule has 0 spiro atoms. The molecule has 0 N–H and O–H groups in total. The van der Waals surface area contributed by atoms with Gasteiger partial charge in [0.25, 0.3) is 5.91 Å². The number of aromatic nitrogens is 1. The van der Waals surface area contributed by atoms with Crippen molar-refractivity contribution in [3.63, 3.8) is 0 Å². The molecule has 0 fully saturated rings. The second-order valence-electron chi connectivity index (χ2n) is 5.12. The fourth-order valence-electron chi connectivity index (χ4n) is 2.38. The molecule has 3 rings (SSSR count). The fraction of sp³-hybridized carbons (Fsp3) is 0.111. The lowest BCUT2D eigenvalue weighted by Crippen LogP contribution is -2.17. The summed E-state index contributed by atoms with van der Waals surface area (Å²) in [4.78, 5) is 17.2. The summed E-state index contributed by atoms with van der Waals surface area (Å²) in [5.74, 6) is 2.27. The zero-order valence-corrected chi connectivity index (χ0v) is 15.0. The summed E-state index contributed by atoms with van der Waals surface area (Å²) in [5, 5.41) is 1.22. The van der Waals surface area contributed by atoms with Crippen LogP contribution in [0.3, 0.4) is 0 Å². The van der Waals surface area contributed by atoms with E-state index >= 15 is 0 Å². The van der Waals surface area contributed by atoms with Crippen LogP contribution < -0.4 is 4.80 Å². The molecule has 0 radical (unpaired) electrons. The number of carbonyl (C=O) groups is 1. The van der Waals surface area contributed by atoms with Crippen LogP contribution in [0.15, 0.2) is 41.4 Å². The highest BCUT2D eigenvalue weighted by Gasteiger charge is 2.12. The minimum Gasteiger partial charge on any atom is -0.304 e. The van der Waals surface area contributed by atoms with E-state index in [1.807, 2.05) is 23.6 Å². The molecule has 0 atom stereocenters. The highest BCUT2D eigenvalue weighted by molar-refractivity contribution is 7.16. The Kier molecular flexibility index (Phi) is 4.77. The van der Waals surface area contributed by atoms with Crippen LogP contribution in [0.1, 0.15) is 15.9 Å². The normalized spacial score (nSPS) is 11.7. The largest absolute Gasteiger partial charge is 0.304 e. The molecule has 1 aromatic heterocycles. The maximum absolute atomic E-state index is 12.4. The summed E-state index contributed by atoms with van der Waals surface area (Å²) >= 11 is 13.5. The number of terminal acetylenes is 1. The third-order valence-corrected chi connectivity index (χ3v) is 5.27. The van der Waals surface area contributed by atoms with Crippen molar-refractivity contribution in [1.29, 1.82) is 0 Å². The lowest BCUT2D eigenvalue weighted by Gasteiger charge is -2.04. The van der Waals surface area contributed by atoms with E-state index in [0.29, 0.717) is 27.0 Å². The maximum atomic E-state index is 12.4. The Hall–Kier alpha value is -2.06. The van der Waals surface area contributed by atoms with Crippen molar-refractivity contribution in [3.05, 3.63) is 62.4 Å². The van der Waals surface area contributed by atoms with Gasteiger partial charge in [0.1, 0.15) is 0 Å². The molecule has 0 aliphatic carbocycles. The third-order valence-electron chi connectivity index (χ3n) is 3.57. The predicted octanol–water partition coefficient (Wildman–Crippen LogP) is 4.69. The third kappa shape index (κ3) is 3.11. The first-order valence-electron chi connectivity index (χ1n) is 7.08. The van der Waals surface area contributed by atoms with Crippen LogP contribution in [-0.2, 0) is 6.54 Å². The Labute approximate surface area is 153 Å². The van der Waals surface area contributed by atoms with Crippen LogP contribution >= 0.6 is 34.5 Å². The van der Waals surface area contributed by atoms with Crippen LogP contribution in [0.5, 0.6) is 0 Å². The van der Waals surface area contributed by atoms with Crippen molar-refractivity contribution < 1.29 is 4.79 Å². The predicted molar refractivity (Wildman–Crippen MR) is 99.7 cm³/mol. The van der Waals surface area contributed by atoms with Gasteiger partial charge in [-0.15, -0.1) is 6.42 Å². The molecule has 0 saturated carbocycles. The van der Waals surface area contributed by atoms with Crippen LogP contribution in [0, 0.1) is 19.3 Å². The van der Waals surface area contributed by atoms with Crippen molar-refractivity contribution in [3.8, 4) is 12.3 Å². The molecular formula is C18H12Cl2N2OS. The van der Waals surface area contributed by atoms with Crippen molar-refractivity contribution in [2.24, 2.45) is 4.99 Å².